The fourth-order valence-corrected chi connectivity index (χ4v) is 2.62. The summed E-state index contributed by atoms with van der Waals surface area (Å²) in [6.45, 7) is 0. The number of halogens is 2. The number of rotatable bonds is 4. The first-order valence-corrected chi connectivity index (χ1v) is 7.75. The standard InChI is InChI=1S/C13H10Cl2O3S/c14-10-1-5-12(6-2-10)18-9-19(16,17)13-7-3-11(15)4-8-13/h1-8H,9H2. The van der Waals surface area contributed by atoms with Gasteiger partial charge in [-0.1, -0.05) is 23.2 Å². The molecule has 0 atom stereocenters. The van der Waals surface area contributed by atoms with Crippen molar-refractivity contribution in [2.75, 3.05) is 5.94 Å². The highest BCUT2D eigenvalue weighted by Gasteiger charge is 2.15. The van der Waals surface area contributed by atoms with Crippen molar-refractivity contribution in [1.82, 2.24) is 0 Å². The van der Waals surface area contributed by atoms with Gasteiger partial charge < -0.3 is 4.74 Å². The molecule has 0 amide bonds. The van der Waals surface area contributed by atoms with E-state index in [0.717, 1.165) is 0 Å². The minimum absolute atomic E-state index is 0.172. The van der Waals surface area contributed by atoms with Gasteiger partial charge in [0, 0.05) is 10.0 Å². The molecule has 0 aliphatic heterocycles. The maximum Gasteiger partial charge on any atom is 0.213 e. The summed E-state index contributed by atoms with van der Waals surface area (Å²) in [4.78, 5) is 0.172. The Morgan fingerprint density at radius 3 is 1.84 bits per heavy atom. The number of hydrogen-bond donors (Lipinski definition) is 0. The summed E-state index contributed by atoms with van der Waals surface area (Å²) in [5.74, 6) is 0.0120. The van der Waals surface area contributed by atoms with Gasteiger partial charge >= 0.3 is 0 Å². The molecule has 0 saturated carbocycles. The first-order valence-electron chi connectivity index (χ1n) is 5.34. The van der Waals surface area contributed by atoms with Gasteiger partial charge in [-0.3, -0.25) is 0 Å². The number of sulfone groups is 1. The number of ether oxygens (including phenoxy) is 1. The molecule has 0 radical (unpaired) electrons. The molecule has 0 heterocycles. The van der Waals surface area contributed by atoms with E-state index in [1.54, 1.807) is 24.3 Å². The molecule has 0 unspecified atom stereocenters. The van der Waals surface area contributed by atoms with E-state index < -0.39 is 15.8 Å². The van der Waals surface area contributed by atoms with Crippen LogP contribution >= 0.6 is 23.2 Å². The summed E-state index contributed by atoms with van der Waals surface area (Å²) >= 11 is 11.4. The molecular formula is C13H10Cl2O3S. The minimum atomic E-state index is -3.50. The van der Waals surface area contributed by atoms with Crippen molar-refractivity contribution >= 4 is 33.0 Å². The third-order valence-electron chi connectivity index (χ3n) is 2.37. The van der Waals surface area contributed by atoms with Crippen molar-refractivity contribution in [3.05, 3.63) is 58.6 Å². The van der Waals surface area contributed by atoms with Crippen LogP contribution in [0.25, 0.3) is 0 Å². The summed E-state index contributed by atoms with van der Waals surface area (Å²) in [6.07, 6.45) is 0. The second-order valence-corrected chi connectivity index (χ2v) is 6.59. The Morgan fingerprint density at radius 2 is 1.32 bits per heavy atom. The Kier molecular flexibility index (Phi) is 4.34. The third kappa shape index (κ3) is 3.86. The van der Waals surface area contributed by atoms with Crippen LogP contribution in [-0.4, -0.2) is 14.4 Å². The van der Waals surface area contributed by atoms with Gasteiger partial charge in [0.05, 0.1) is 4.90 Å². The van der Waals surface area contributed by atoms with Crippen LogP contribution in [0, 0.1) is 0 Å². The van der Waals surface area contributed by atoms with Crippen molar-refractivity contribution in [2.45, 2.75) is 4.90 Å². The molecule has 2 aromatic rings. The first-order chi connectivity index (χ1) is 8.97. The van der Waals surface area contributed by atoms with Gasteiger partial charge in [0.25, 0.3) is 0 Å². The molecule has 0 aliphatic carbocycles. The summed E-state index contributed by atoms with van der Waals surface area (Å²) in [5.41, 5.74) is 0. The zero-order valence-electron chi connectivity index (χ0n) is 9.71. The molecular weight excluding hydrogens is 307 g/mol. The van der Waals surface area contributed by atoms with Crippen molar-refractivity contribution in [1.29, 1.82) is 0 Å². The van der Waals surface area contributed by atoms with Crippen LogP contribution in [0.4, 0.5) is 0 Å². The molecule has 100 valence electrons. The second kappa shape index (κ2) is 5.82. The van der Waals surface area contributed by atoms with E-state index in [1.165, 1.54) is 24.3 Å². The first kappa shape index (κ1) is 14.2. The average Bonchev–Trinajstić information content (AvgIpc) is 2.39. The molecule has 0 aromatic heterocycles. The van der Waals surface area contributed by atoms with Gasteiger partial charge in [-0.2, -0.15) is 0 Å². The highest BCUT2D eigenvalue weighted by atomic mass is 35.5. The lowest BCUT2D eigenvalue weighted by molar-refractivity contribution is 0.376. The lowest BCUT2D eigenvalue weighted by Crippen LogP contribution is -2.12. The van der Waals surface area contributed by atoms with E-state index in [2.05, 4.69) is 0 Å². The van der Waals surface area contributed by atoms with E-state index in [-0.39, 0.29) is 4.90 Å². The van der Waals surface area contributed by atoms with Gasteiger partial charge in [0.15, 0.2) is 5.94 Å². The zero-order valence-corrected chi connectivity index (χ0v) is 12.0. The lowest BCUT2D eigenvalue weighted by atomic mass is 10.3. The van der Waals surface area contributed by atoms with Crippen molar-refractivity contribution in [3.63, 3.8) is 0 Å². The second-order valence-electron chi connectivity index (χ2n) is 3.78. The quantitative estimate of drug-likeness (QED) is 0.861. The summed E-state index contributed by atoms with van der Waals surface area (Å²) < 4.78 is 29.2. The normalized spacial score (nSPS) is 11.3. The Morgan fingerprint density at radius 1 is 0.842 bits per heavy atom. The SMILES string of the molecule is O=S(=O)(COc1ccc(Cl)cc1)c1ccc(Cl)cc1. The molecule has 0 bridgehead atoms. The van der Waals surface area contributed by atoms with Gasteiger partial charge in [-0.25, -0.2) is 8.42 Å². The Bertz CT molecular complexity index is 649. The molecule has 0 N–H and O–H groups in total. The maximum atomic E-state index is 12.0. The summed E-state index contributed by atoms with van der Waals surface area (Å²) in [7, 11) is -3.50. The monoisotopic (exact) mass is 316 g/mol. The predicted molar refractivity (Wildman–Crippen MR) is 75.6 cm³/mol. The van der Waals surface area contributed by atoms with E-state index in [1.807, 2.05) is 0 Å². The molecule has 6 heteroatoms. The molecule has 0 fully saturated rings. The molecule has 2 aromatic carbocycles. The Balaban J connectivity index is 2.09. The van der Waals surface area contributed by atoms with Crippen LogP contribution in [0.1, 0.15) is 0 Å². The van der Waals surface area contributed by atoms with Gasteiger partial charge in [0.1, 0.15) is 5.75 Å². The molecule has 2 rings (SSSR count). The van der Waals surface area contributed by atoms with Crippen LogP contribution in [0.3, 0.4) is 0 Å². The minimum Gasteiger partial charge on any atom is -0.477 e. The van der Waals surface area contributed by atoms with Gasteiger partial charge in [-0.05, 0) is 48.5 Å². The van der Waals surface area contributed by atoms with E-state index in [9.17, 15) is 8.42 Å². The van der Waals surface area contributed by atoms with E-state index in [4.69, 9.17) is 27.9 Å². The van der Waals surface area contributed by atoms with E-state index >= 15 is 0 Å². The highest BCUT2D eigenvalue weighted by molar-refractivity contribution is 7.91. The number of hydrogen-bond acceptors (Lipinski definition) is 3. The third-order valence-corrected chi connectivity index (χ3v) is 4.29. The molecule has 0 saturated heterocycles. The maximum absolute atomic E-state index is 12.0. The number of benzene rings is 2. The Hall–Kier alpha value is -1.23. The topological polar surface area (TPSA) is 43.4 Å². The summed E-state index contributed by atoms with van der Waals surface area (Å²) in [6, 6.07) is 12.4. The van der Waals surface area contributed by atoms with Crippen molar-refractivity contribution < 1.29 is 13.2 Å². The smallest absolute Gasteiger partial charge is 0.213 e. The van der Waals surface area contributed by atoms with Crippen LogP contribution in [0.15, 0.2) is 53.4 Å². The molecule has 19 heavy (non-hydrogen) atoms. The highest BCUT2D eigenvalue weighted by Crippen LogP contribution is 2.19. The van der Waals surface area contributed by atoms with Crippen molar-refractivity contribution in [3.8, 4) is 5.75 Å². The van der Waals surface area contributed by atoms with Gasteiger partial charge in [0.2, 0.25) is 9.84 Å². The fourth-order valence-electron chi connectivity index (χ4n) is 1.39. The van der Waals surface area contributed by atoms with Crippen LogP contribution in [-0.2, 0) is 9.84 Å². The predicted octanol–water partition coefficient (Wildman–Crippen LogP) is 3.80. The molecule has 0 spiro atoms. The van der Waals surface area contributed by atoms with Crippen molar-refractivity contribution in [2.24, 2.45) is 0 Å². The fraction of sp³-hybridized carbons (Fsp3) is 0.0769. The van der Waals surface area contributed by atoms with Gasteiger partial charge in [-0.15, -0.1) is 0 Å². The average molecular weight is 317 g/mol. The Labute approximate surface area is 121 Å². The van der Waals surface area contributed by atoms with E-state index in [0.29, 0.717) is 15.8 Å². The molecule has 3 nitrogen and oxygen atoms in total. The lowest BCUT2D eigenvalue weighted by Gasteiger charge is -2.07. The summed E-state index contributed by atoms with van der Waals surface area (Å²) in [5, 5.41) is 1.05. The molecule has 0 aliphatic rings. The zero-order chi connectivity index (χ0) is 13.9. The van der Waals surface area contributed by atoms with Crippen LogP contribution < -0.4 is 4.74 Å². The van der Waals surface area contributed by atoms with Crippen LogP contribution in [0.5, 0.6) is 5.75 Å². The van der Waals surface area contributed by atoms with Crippen LogP contribution in [0.2, 0.25) is 10.0 Å². The largest absolute Gasteiger partial charge is 0.477 e.